The Kier molecular flexibility index (Phi) is 13.8. The fourth-order valence-electron chi connectivity index (χ4n) is 6.28. The zero-order valence-electron chi connectivity index (χ0n) is 32.3. The van der Waals surface area contributed by atoms with Crippen LogP contribution in [-0.2, 0) is 0 Å². The molecule has 1 heteroatoms. The quantitative estimate of drug-likeness (QED) is 0.115. The van der Waals surface area contributed by atoms with Crippen molar-refractivity contribution in [2.75, 3.05) is 0 Å². The van der Waals surface area contributed by atoms with Gasteiger partial charge in [-0.25, -0.2) is 0 Å². The van der Waals surface area contributed by atoms with Gasteiger partial charge < -0.3 is 5.11 Å². The second kappa shape index (κ2) is 17.3. The van der Waals surface area contributed by atoms with Crippen molar-refractivity contribution in [2.45, 2.75) is 95.4 Å². The van der Waals surface area contributed by atoms with Crippen LogP contribution in [0.2, 0.25) is 0 Å². The smallest absolute Gasteiger partial charge is 0.116 e. The first-order valence-electron chi connectivity index (χ1n) is 18.0. The number of benzene rings is 6. The second-order valence-corrected chi connectivity index (χ2v) is 14.8. The summed E-state index contributed by atoms with van der Waals surface area (Å²) in [7, 11) is 0. The van der Waals surface area contributed by atoms with Gasteiger partial charge in [-0.2, -0.15) is 0 Å². The topological polar surface area (TPSA) is 20.2 Å². The van der Waals surface area contributed by atoms with E-state index in [1.807, 2.05) is 32.9 Å². The highest BCUT2D eigenvalue weighted by Crippen LogP contribution is 2.42. The number of hydrogen-bond acceptors (Lipinski definition) is 1. The van der Waals surface area contributed by atoms with Gasteiger partial charge in [-0.1, -0.05) is 165 Å². The van der Waals surface area contributed by atoms with Crippen molar-refractivity contribution >= 4 is 61.0 Å². The third-order valence-electron chi connectivity index (χ3n) is 9.17. The fraction of sp³-hybridized carbons (Fsp3) is 0.333. The lowest BCUT2D eigenvalue weighted by Crippen LogP contribution is -2.15. The summed E-state index contributed by atoms with van der Waals surface area (Å²) in [6.07, 6.45) is 9.50. The first-order chi connectivity index (χ1) is 23.2. The summed E-state index contributed by atoms with van der Waals surface area (Å²) in [4.78, 5) is 0. The second-order valence-electron chi connectivity index (χ2n) is 14.8. The normalized spacial score (nSPS) is 13.0. The summed E-state index contributed by atoms with van der Waals surface area (Å²) in [5, 5.41) is 22.7. The monoisotopic (exact) mass is 652 g/mol. The Morgan fingerprint density at radius 1 is 0.694 bits per heavy atom. The van der Waals surface area contributed by atoms with Gasteiger partial charge in [0, 0.05) is 10.9 Å². The van der Waals surface area contributed by atoms with Crippen molar-refractivity contribution in [3.63, 3.8) is 0 Å². The molecule has 0 aromatic heterocycles. The highest BCUT2D eigenvalue weighted by molar-refractivity contribution is 6.23. The third kappa shape index (κ3) is 9.21. The third-order valence-corrected chi connectivity index (χ3v) is 9.17. The maximum Gasteiger partial charge on any atom is 0.116 e. The van der Waals surface area contributed by atoms with E-state index in [9.17, 15) is 5.11 Å². The van der Waals surface area contributed by atoms with Crippen molar-refractivity contribution < 1.29 is 5.11 Å². The molecule has 0 fully saturated rings. The molecule has 0 saturated heterocycles. The number of aliphatic hydroxyl groups is 1. The minimum atomic E-state index is 0.122. The maximum absolute atomic E-state index is 9.78. The molecule has 0 aliphatic carbocycles. The highest BCUT2D eigenvalue weighted by atomic mass is 16.3. The van der Waals surface area contributed by atoms with Crippen LogP contribution in [0.4, 0.5) is 0 Å². The molecule has 6 rings (SSSR count). The van der Waals surface area contributed by atoms with Gasteiger partial charge in [0.05, 0.1) is 0 Å². The molecule has 1 unspecified atom stereocenters. The molecular formula is C48H60O. The van der Waals surface area contributed by atoms with E-state index in [0.717, 1.165) is 28.5 Å². The maximum atomic E-state index is 9.78. The Bertz CT molecular complexity index is 2130. The molecule has 0 spiro atoms. The van der Waals surface area contributed by atoms with E-state index in [4.69, 9.17) is 0 Å². The van der Waals surface area contributed by atoms with Gasteiger partial charge in [0.25, 0.3) is 0 Å². The summed E-state index contributed by atoms with van der Waals surface area (Å²) >= 11 is 0. The van der Waals surface area contributed by atoms with Crippen molar-refractivity contribution in [1.82, 2.24) is 0 Å². The highest BCUT2D eigenvalue weighted by Gasteiger charge is 2.24. The van der Waals surface area contributed by atoms with Gasteiger partial charge in [0.15, 0.2) is 0 Å². The van der Waals surface area contributed by atoms with Gasteiger partial charge in [-0.05, 0) is 111 Å². The van der Waals surface area contributed by atoms with E-state index in [-0.39, 0.29) is 11.2 Å². The number of fused-ring (bicyclic) bond motifs is 1. The lowest BCUT2D eigenvalue weighted by Gasteiger charge is -2.29. The molecule has 0 aliphatic heterocycles. The van der Waals surface area contributed by atoms with Crippen LogP contribution in [0.3, 0.4) is 0 Å². The number of aliphatic hydroxyl groups excluding tert-OH is 1. The Morgan fingerprint density at radius 2 is 1.20 bits per heavy atom. The summed E-state index contributed by atoms with van der Waals surface area (Å²) in [5.41, 5.74) is 3.76. The van der Waals surface area contributed by atoms with E-state index in [1.165, 1.54) is 54.0 Å². The predicted octanol–water partition coefficient (Wildman–Crippen LogP) is 13.6. The van der Waals surface area contributed by atoms with Crippen LogP contribution in [-0.4, -0.2) is 5.11 Å². The summed E-state index contributed by atoms with van der Waals surface area (Å²) < 4.78 is 0. The minimum absolute atomic E-state index is 0.122. The van der Waals surface area contributed by atoms with Crippen LogP contribution in [0, 0.1) is 18.3 Å². The molecular weight excluding hydrogens is 593 g/mol. The average molecular weight is 653 g/mol. The fourth-order valence-corrected chi connectivity index (χ4v) is 6.28. The molecule has 49 heavy (non-hydrogen) atoms. The van der Waals surface area contributed by atoms with E-state index in [0.29, 0.717) is 5.92 Å². The van der Waals surface area contributed by atoms with E-state index >= 15 is 0 Å². The summed E-state index contributed by atoms with van der Waals surface area (Å²) in [6, 6.07) is 28.5. The van der Waals surface area contributed by atoms with Crippen molar-refractivity contribution in [3.05, 3.63) is 125 Å². The van der Waals surface area contributed by atoms with Gasteiger partial charge >= 0.3 is 0 Å². The van der Waals surface area contributed by atoms with Crippen LogP contribution in [0.15, 0.2) is 97.6 Å². The van der Waals surface area contributed by atoms with Gasteiger partial charge in [-0.15, -0.1) is 0 Å². The Balaban J connectivity index is 0.000000216. The molecule has 258 valence electrons. The van der Waals surface area contributed by atoms with Gasteiger partial charge in [-0.3, -0.25) is 0 Å². The van der Waals surface area contributed by atoms with Crippen molar-refractivity contribution in [3.8, 4) is 0 Å². The first kappa shape index (κ1) is 39.1. The minimum Gasteiger partial charge on any atom is -0.508 e. The molecule has 0 bridgehead atoms. The molecule has 0 amide bonds. The largest absolute Gasteiger partial charge is 0.508 e. The molecule has 0 heterocycles. The number of rotatable bonds is 3. The zero-order valence-corrected chi connectivity index (χ0v) is 32.3. The Hall–Kier alpha value is -4.36. The molecule has 1 N–H and O–H groups in total. The number of hydrogen-bond donors (Lipinski definition) is 1. The van der Waals surface area contributed by atoms with E-state index in [2.05, 4.69) is 160 Å². The van der Waals surface area contributed by atoms with Gasteiger partial charge in [0.2, 0.25) is 0 Å². The number of aryl methyl sites for hydroxylation is 1. The predicted molar refractivity (Wildman–Crippen MR) is 224 cm³/mol. The summed E-state index contributed by atoms with van der Waals surface area (Å²) in [6.45, 7) is 29.8. The lowest BCUT2D eigenvalue weighted by molar-refractivity contribution is 0.341. The molecule has 6 aromatic carbocycles. The molecule has 6 aromatic rings. The SMILES string of the molecule is C/C=C\CC.C=C(O)c1cc/c(=C/C)c2c(C)cc/c(=C/C)c12.CC(C)C.CC(c1ccc2ccc3cccc4ccc1c2c34)C(C)(C)C. The van der Waals surface area contributed by atoms with Crippen LogP contribution in [0.5, 0.6) is 0 Å². The Labute approximate surface area is 296 Å². The zero-order chi connectivity index (χ0) is 36.5. The molecule has 0 aliphatic rings. The van der Waals surface area contributed by atoms with Crippen LogP contribution < -0.4 is 10.4 Å². The van der Waals surface area contributed by atoms with Gasteiger partial charge in [0.1, 0.15) is 5.76 Å². The molecule has 0 saturated carbocycles. The number of allylic oxidation sites excluding steroid dienone is 2. The lowest BCUT2D eigenvalue weighted by atomic mass is 9.75. The molecule has 1 nitrogen and oxygen atoms in total. The average Bonchev–Trinajstić information content (AvgIpc) is 3.06. The van der Waals surface area contributed by atoms with E-state index < -0.39 is 0 Å². The van der Waals surface area contributed by atoms with Crippen molar-refractivity contribution in [1.29, 1.82) is 0 Å². The first-order valence-corrected chi connectivity index (χ1v) is 18.0. The Morgan fingerprint density at radius 3 is 1.69 bits per heavy atom. The van der Waals surface area contributed by atoms with Crippen molar-refractivity contribution in [2.24, 2.45) is 11.3 Å². The van der Waals surface area contributed by atoms with E-state index in [1.54, 1.807) is 0 Å². The standard InChI is InChI=1S/C22H22.C17H18O.C5H10.C4H10/c1-14(22(2,3)4)18-12-10-17-9-8-15-6-5-7-16-11-13-19(18)21(17)20(15)16;1-5-13-9-10-15(12(4)18)17-14(6-2)8-7-11(3)16(13)17;1-3-5-4-2;1-4(2)3/h5-14H,1-4H3;5-10,18H,4H2,1-3H3;3,5H,4H2,1-2H3;4H,1-3H3/b;13-5-,14-6-;5-3-;. The van der Waals surface area contributed by atoms with Crippen LogP contribution in [0.25, 0.3) is 61.0 Å². The molecule has 0 radical (unpaired) electrons. The molecule has 1 atom stereocenters. The summed E-state index contributed by atoms with van der Waals surface area (Å²) in [5.74, 6) is 1.48. The van der Waals surface area contributed by atoms with Crippen LogP contribution in [0.1, 0.15) is 105 Å². The van der Waals surface area contributed by atoms with Crippen LogP contribution >= 0.6 is 0 Å².